The van der Waals surface area contributed by atoms with Crippen LogP contribution in [0.1, 0.15) is 24.4 Å². The van der Waals surface area contributed by atoms with Crippen molar-refractivity contribution < 1.29 is 13.9 Å². The Morgan fingerprint density at radius 2 is 2.03 bits per heavy atom. The van der Waals surface area contributed by atoms with Crippen LogP contribution in [0.2, 0.25) is 0 Å². The summed E-state index contributed by atoms with van der Waals surface area (Å²) in [6, 6.07) is 7.64. The Morgan fingerprint density at radius 1 is 1.17 bits per heavy atom. The molecular weight excluding hydrogens is 400 g/mol. The van der Waals surface area contributed by atoms with Crippen molar-refractivity contribution in [1.29, 1.82) is 0 Å². The number of carbonyl (C=O) groups excluding carboxylic acids is 1. The van der Waals surface area contributed by atoms with Crippen LogP contribution in [0.25, 0.3) is 11.3 Å². The number of methoxy groups -OCH3 is 1. The Hall–Kier alpha value is -2.71. The number of aromatic nitrogens is 2. The number of rotatable bonds is 7. The quantitative estimate of drug-likeness (QED) is 0.576. The molecule has 0 N–H and O–H groups in total. The zero-order chi connectivity index (χ0) is 20.8. The van der Waals surface area contributed by atoms with Gasteiger partial charge in [-0.25, -0.2) is 9.97 Å². The van der Waals surface area contributed by atoms with E-state index in [0.717, 1.165) is 56.2 Å². The van der Waals surface area contributed by atoms with Gasteiger partial charge in [0.1, 0.15) is 5.75 Å². The van der Waals surface area contributed by atoms with Crippen molar-refractivity contribution >= 4 is 17.2 Å². The molecule has 3 aromatic rings. The largest absolute Gasteiger partial charge is 0.497 e. The highest BCUT2D eigenvalue weighted by Crippen LogP contribution is 2.23. The third-order valence-electron chi connectivity index (χ3n) is 5.29. The summed E-state index contributed by atoms with van der Waals surface area (Å²) < 4.78 is 11.0. The number of thiazole rings is 1. The van der Waals surface area contributed by atoms with Gasteiger partial charge in [-0.2, -0.15) is 0 Å². The standard InChI is InChI=1S/C22H26N4O3S/c1-28-19-5-3-17(4-6-19)20-13-23-21(29-20)7-8-22(27)26-10-2-9-25(11-12-26)14-18-15-30-16-24-18/h3-6,13,15-16H,2,7-12,14H2,1H3. The number of amides is 1. The SMILES string of the molecule is COc1ccc(-c2cnc(CCC(=O)N3CCCN(Cc4cscn4)CC3)o2)cc1. The van der Waals surface area contributed by atoms with E-state index in [9.17, 15) is 4.79 Å². The van der Waals surface area contributed by atoms with E-state index in [0.29, 0.717) is 24.5 Å². The number of oxazole rings is 1. The van der Waals surface area contributed by atoms with Crippen molar-refractivity contribution in [3.63, 3.8) is 0 Å². The van der Waals surface area contributed by atoms with Crippen LogP contribution in [0.4, 0.5) is 0 Å². The molecule has 0 aliphatic carbocycles. The topological polar surface area (TPSA) is 71.7 Å². The minimum Gasteiger partial charge on any atom is -0.497 e. The molecular formula is C22H26N4O3S. The first-order valence-corrected chi connectivity index (χ1v) is 11.1. The van der Waals surface area contributed by atoms with Crippen molar-refractivity contribution in [1.82, 2.24) is 19.8 Å². The summed E-state index contributed by atoms with van der Waals surface area (Å²) in [5.74, 6) is 2.25. The fourth-order valence-corrected chi connectivity index (χ4v) is 4.16. The smallest absolute Gasteiger partial charge is 0.223 e. The number of ether oxygens (including phenoxy) is 1. The molecule has 3 heterocycles. The minimum atomic E-state index is 0.162. The summed E-state index contributed by atoms with van der Waals surface area (Å²) >= 11 is 1.62. The van der Waals surface area contributed by atoms with Crippen molar-refractivity contribution in [3.8, 4) is 17.1 Å². The Morgan fingerprint density at radius 3 is 2.80 bits per heavy atom. The van der Waals surface area contributed by atoms with Gasteiger partial charge < -0.3 is 14.1 Å². The van der Waals surface area contributed by atoms with Gasteiger partial charge >= 0.3 is 0 Å². The van der Waals surface area contributed by atoms with Crippen LogP contribution in [0.3, 0.4) is 0 Å². The molecule has 0 radical (unpaired) electrons. The normalized spacial score (nSPS) is 15.2. The number of nitrogens with zero attached hydrogens (tertiary/aromatic N) is 4. The molecule has 0 bridgehead atoms. The molecule has 158 valence electrons. The molecule has 0 spiro atoms. The maximum atomic E-state index is 12.7. The lowest BCUT2D eigenvalue weighted by atomic mass is 10.2. The summed E-state index contributed by atoms with van der Waals surface area (Å²) in [6.07, 6.45) is 3.61. The van der Waals surface area contributed by atoms with Crippen LogP contribution in [0, 0.1) is 0 Å². The summed E-state index contributed by atoms with van der Waals surface area (Å²) in [5, 5.41) is 2.09. The van der Waals surface area contributed by atoms with Crippen molar-refractivity contribution in [2.75, 3.05) is 33.3 Å². The van der Waals surface area contributed by atoms with Gasteiger partial charge in [-0.05, 0) is 30.7 Å². The molecule has 0 saturated carbocycles. The van der Waals surface area contributed by atoms with Crippen molar-refractivity contribution in [3.05, 3.63) is 52.9 Å². The van der Waals surface area contributed by atoms with Gasteiger partial charge in [0.2, 0.25) is 5.91 Å². The molecule has 0 atom stereocenters. The van der Waals surface area contributed by atoms with Gasteiger partial charge in [-0.3, -0.25) is 9.69 Å². The van der Waals surface area contributed by atoms with E-state index in [-0.39, 0.29) is 5.91 Å². The molecule has 0 unspecified atom stereocenters. The molecule has 8 heteroatoms. The van der Waals surface area contributed by atoms with Crippen LogP contribution in [0.5, 0.6) is 5.75 Å². The summed E-state index contributed by atoms with van der Waals surface area (Å²) in [7, 11) is 1.64. The lowest BCUT2D eigenvalue weighted by Gasteiger charge is -2.21. The third kappa shape index (κ3) is 5.25. The molecule has 1 aromatic carbocycles. The van der Waals surface area contributed by atoms with Gasteiger partial charge in [0.25, 0.3) is 0 Å². The predicted molar refractivity (Wildman–Crippen MR) is 115 cm³/mol. The average Bonchev–Trinajstić information content (AvgIpc) is 3.41. The van der Waals surface area contributed by atoms with Gasteiger partial charge in [-0.1, -0.05) is 0 Å². The van der Waals surface area contributed by atoms with Crippen LogP contribution >= 0.6 is 11.3 Å². The molecule has 1 fully saturated rings. The number of hydrogen-bond donors (Lipinski definition) is 0. The van der Waals surface area contributed by atoms with E-state index >= 15 is 0 Å². The highest BCUT2D eigenvalue weighted by molar-refractivity contribution is 7.07. The molecule has 7 nitrogen and oxygen atoms in total. The zero-order valence-electron chi connectivity index (χ0n) is 17.1. The number of hydrogen-bond acceptors (Lipinski definition) is 7. The second kappa shape index (κ2) is 9.86. The summed E-state index contributed by atoms with van der Waals surface area (Å²) in [5.41, 5.74) is 3.91. The van der Waals surface area contributed by atoms with E-state index in [4.69, 9.17) is 9.15 Å². The van der Waals surface area contributed by atoms with Crippen LogP contribution < -0.4 is 4.74 Å². The molecule has 1 aliphatic rings. The molecule has 1 amide bonds. The summed E-state index contributed by atoms with van der Waals surface area (Å²) in [6.45, 7) is 4.28. The van der Waals surface area contributed by atoms with Crippen molar-refractivity contribution in [2.24, 2.45) is 0 Å². The fraction of sp³-hybridized carbons (Fsp3) is 0.409. The third-order valence-corrected chi connectivity index (χ3v) is 5.93. The molecule has 2 aromatic heterocycles. The van der Waals surface area contributed by atoms with Crippen molar-refractivity contribution in [2.45, 2.75) is 25.8 Å². The van der Waals surface area contributed by atoms with E-state index in [1.165, 1.54) is 0 Å². The first-order chi connectivity index (χ1) is 14.7. The Labute approximate surface area is 180 Å². The minimum absolute atomic E-state index is 0.162. The van der Waals surface area contributed by atoms with Gasteiger partial charge in [-0.15, -0.1) is 11.3 Å². The molecule has 30 heavy (non-hydrogen) atoms. The van der Waals surface area contributed by atoms with Gasteiger partial charge in [0, 0.05) is 56.5 Å². The van der Waals surface area contributed by atoms with Crippen LogP contribution in [-0.2, 0) is 17.8 Å². The maximum Gasteiger partial charge on any atom is 0.223 e. The fourth-order valence-electron chi connectivity index (χ4n) is 3.61. The number of aryl methyl sites for hydroxylation is 1. The molecule has 4 rings (SSSR count). The average molecular weight is 427 g/mol. The Balaban J connectivity index is 1.26. The van der Waals surface area contributed by atoms with Gasteiger partial charge in [0.05, 0.1) is 24.5 Å². The first-order valence-electron chi connectivity index (χ1n) is 10.2. The molecule has 1 saturated heterocycles. The highest BCUT2D eigenvalue weighted by Gasteiger charge is 2.20. The lowest BCUT2D eigenvalue weighted by Crippen LogP contribution is -2.35. The lowest BCUT2D eigenvalue weighted by molar-refractivity contribution is -0.131. The van der Waals surface area contributed by atoms with Crippen LogP contribution in [-0.4, -0.2) is 59.0 Å². The van der Waals surface area contributed by atoms with E-state index in [2.05, 4.69) is 20.2 Å². The highest BCUT2D eigenvalue weighted by atomic mass is 32.1. The summed E-state index contributed by atoms with van der Waals surface area (Å²) in [4.78, 5) is 25.8. The van der Waals surface area contributed by atoms with E-state index in [1.54, 1.807) is 24.6 Å². The monoisotopic (exact) mass is 426 g/mol. The zero-order valence-corrected chi connectivity index (χ0v) is 17.9. The second-order valence-electron chi connectivity index (χ2n) is 7.34. The first kappa shape index (κ1) is 20.6. The Bertz CT molecular complexity index is 940. The van der Waals surface area contributed by atoms with E-state index < -0.39 is 0 Å². The van der Waals surface area contributed by atoms with E-state index in [1.807, 2.05) is 34.7 Å². The number of benzene rings is 1. The molecule has 1 aliphatic heterocycles. The maximum absolute atomic E-state index is 12.7. The van der Waals surface area contributed by atoms with Crippen LogP contribution in [0.15, 0.2) is 45.8 Å². The predicted octanol–water partition coefficient (Wildman–Crippen LogP) is 3.47. The second-order valence-corrected chi connectivity index (χ2v) is 8.06. The Kier molecular flexibility index (Phi) is 6.76. The number of carbonyl (C=O) groups is 1. The van der Waals surface area contributed by atoms with Gasteiger partial charge in [0.15, 0.2) is 11.7 Å².